The molecule has 27 heavy (non-hydrogen) atoms. The molecule has 1 saturated carbocycles. The van der Waals surface area contributed by atoms with Gasteiger partial charge in [-0.25, -0.2) is 0 Å². The number of ether oxygens (including phenoxy) is 2. The highest BCUT2D eigenvalue weighted by molar-refractivity contribution is 5.74. The van der Waals surface area contributed by atoms with Crippen LogP contribution in [0.3, 0.4) is 0 Å². The van der Waals surface area contributed by atoms with E-state index in [1.54, 1.807) is 7.11 Å². The average molecular weight is 373 g/mol. The number of rotatable bonds is 4. The highest BCUT2D eigenvalue weighted by Crippen LogP contribution is 2.37. The van der Waals surface area contributed by atoms with Crippen molar-refractivity contribution in [2.24, 2.45) is 0 Å². The Morgan fingerprint density at radius 2 is 1.63 bits per heavy atom. The average Bonchev–Trinajstić information content (AvgIpc) is 2.73. The molecule has 0 heterocycles. The summed E-state index contributed by atoms with van der Waals surface area (Å²) in [5.41, 5.74) is 7.33. The molecule has 0 saturated heterocycles. The van der Waals surface area contributed by atoms with Crippen molar-refractivity contribution in [2.45, 2.75) is 37.7 Å². The van der Waals surface area contributed by atoms with E-state index in [4.69, 9.17) is 25.4 Å². The molecule has 6 heteroatoms. The van der Waals surface area contributed by atoms with Crippen molar-refractivity contribution in [3.8, 4) is 17.2 Å². The van der Waals surface area contributed by atoms with Gasteiger partial charge in [-0.15, -0.1) is 0 Å². The van der Waals surface area contributed by atoms with Crippen molar-refractivity contribution in [3.05, 3.63) is 47.5 Å². The summed E-state index contributed by atoms with van der Waals surface area (Å²) in [6, 6.07) is 10.8. The summed E-state index contributed by atoms with van der Waals surface area (Å²) in [5.74, 6) is 0.517. The van der Waals surface area contributed by atoms with Gasteiger partial charge in [0.2, 0.25) is 0 Å². The maximum absolute atomic E-state index is 10.6. The first-order chi connectivity index (χ1) is 13.0. The van der Waals surface area contributed by atoms with E-state index in [1.807, 2.05) is 12.1 Å². The molecule has 3 rings (SSSR count). The van der Waals surface area contributed by atoms with Crippen LogP contribution >= 0.6 is 0 Å². The van der Waals surface area contributed by atoms with E-state index in [9.17, 15) is 4.79 Å². The molecular weight excluding hydrogens is 346 g/mol. The molecular formula is C21H27NO5. The molecule has 0 radical (unpaired) electrons. The van der Waals surface area contributed by atoms with E-state index in [0.29, 0.717) is 12.0 Å². The summed E-state index contributed by atoms with van der Waals surface area (Å²) < 4.78 is 10.1. The van der Waals surface area contributed by atoms with Crippen molar-refractivity contribution in [2.75, 3.05) is 20.0 Å². The first kappa shape index (κ1) is 20.6. The normalized spacial score (nSPS) is 18.9. The number of methoxy groups -OCH3 is 2. The highest BCUT2D eigenvalue weighted by Gasteiger charge is 2.21. The second kappa shape index (κ2) is 9.83. The van der Waals surface area contributed by atoms with Crippen LogP contribution in [-0.2, 0) is 4.74 Å². The Bertz CT molecular complexity index is 737. The van der Waals surface area contributed by atoms with Crippen LogP contribution in [0.1, 0.15) is 47.5 Å². The molecule has 2 aromatic rings. The maximum Gasteiger partial charge on any atom is 0.185 e. The minimum Gasteiger partial charge on any atom is -0.506 e. The molecule has 2 aromatic carbocycles. The lowest BCUT2D eigenvalue weighted by atomic mass is 9.82. The third kappa shape index (κ3) is 5.37. The van der Waals surface area contributed by atoms with Crippen molar-refractivity contribution in [3.63, 3.8) is 0 Å². The zero-order valence-electron chi connectivity index (χ0n) is 15.7. The summed E-state index contributed by atoms with van der Waals surface area (Å²) in [6.07, 6.45) is 6.03. The monoisotopic (exact) mass is 373 g/mol. The maximum atomic E-state index is 10.6. The standard InChI is InChI=1S/C14H18O2.C7H9NO3/c1-16-14-8-6-13(7-9-14)12-4-2-11(10-15)3-5-12;1-11-5-3-2-4(9)6(8)7(5)10/h2-5,10,13-14H,6-9H2,1H3;2-3,9-10H,8H2,1H3. The fourth-order valence-electron chi connectivity index (χ4n) is 3.22. The smallest absolute Gasteiger partial charge is 0.185 e. The van der Waals surface area contributed by atoms with Crippen LogP contribution in [0.4, 0.5) is 5.69 Å². The summed E-state index contributed by atoms with van der Waals surface area (Å²) >= 11 is 0. The largest absolute Gasteiger partial charge is 0.506 e. The van der Waals surface area contributed by atoms with Gasteiger partial charge in [0, 0.05) is 12.7 Å². The minimum atomic E-state index is -0.229. The van der Waals surface area contributed by atoms with Gasteiger partial charge in [-0.2, -0.15) is 0 Å². The second-order valence-corrected chi connectivity index (χ2v) is 6.54. The zero-order valence-corrected chi connectivity index (χ0v) is 15.7. The SMILES string of the molecule is COC1CCC(c2ccc(C=O)cc2)CC1.COc1ccc(O)c(N)c1O. The van der Waals surface area contributed by atoms with Gasteiger partial charge in [0.05, 0.1) is 13.2 Å². The Hall–Kier alpha value is -2.73. The molecule has 4 N–H and O–H groups in total. The van der Waals surface area contributed by atoms with E-state index in [2.05, 4.69) is 12.1 Å². The van der Waals surface area contributed by atoms with Gasteiger partial charge in [-0.05, 0) is 49.3 Å². The minimum absolute atomic E-state index is 0.0654. The zero-order chi connectivity index (χ0) is 19.8. The van der Waals surface area contributed by atoms with Crippen molar-refractivity contribution in [1.82, 2.24) is 0 Å². The topological polar surface area (TPSA) is 102 Å². The van der Waals surface area contributed by atoms with Gasteiger partial charge in [-0.1, -0.05) is 24.3 Å². The number of hydrogen-bond donors (Lipinski definition) is 3. The van der Waals surface area contributed by atoms with Gasteiger partial charge >= 0.3 is 0 Å². The van der Waals surface area contributed by atoms with Crippen LogP contribution < -0.4 is 10.5 Å². The van der Waals surface area contributed by atoms with Crippen LogP contribution in [0.15, 0.2) is 36.4 Å². The van der Waals surface area contributed by atoms with E-state index in [1.165, 1.54) is 37.6 Å². The predicted molar refractivity (Wildman–Crippen MR) is 105 cm³/mol. The quantitative estimate of drug-likeness (QED) is 0.427. The lowest BCUT2D eigenvalue weighted by Gasteiger charge is -2.27. The van der Waals surface area contributed by atoms with E-state index >= 15 is 0 Å². The molecule has 0 unspecified atom stereocenters. The number of aromatic hydroxyl groups is 2. The van der Waals surface area contributed by atoms with Gasteiger partial charge < -0.3 is 25.4 Å². The number of anilines is 1. The number of phenols is 2. The number of phenolic OH excluding ortho intramolecular Hbond substituents is 2. The summed E-state index contributed by atoms with van der Waals surface area (Å²) in [7, 11) is 3.20. The fraction of sp³-hybridized carbons (Fsp3) is 0.381. The van der Waals surface area contributed by atoms with Crippen molar-refractivity contribution < 1.29 is 24.5 Å². The third-order valence-corrected chi connectivity index (χ3v) is 4.93. The summed E-state index contributed by atoms with van der Waals surface area (Å²) in [6.45, 7) is 0. The summed E-state index contributed by atoms with van der Waals surface area (Å²) in [5, 5.41) is 18.1. The number of benzene rings is 2. The number of hydrogen-bond acceptors (Lipinski definition) is 6. The molecule has 0 aromatic heterocycles. The van der Waals surface area contributed by atoms with Crippen molar-refractivity contribution in [1.29, 1.82) is 0 Å². The molecule has 146 valence electrons. The third-order valence-electron chi connectivity index (χ3n) is 4.93. The predicted octanol–water partition coefficient (Wildman–Crippen LogP) is 3.86. The van der Waals surface area contributed by atoms with Crippen LogP contribution in [0.5, 0.6) is 17.2 Å². The molecule has 0 atom stereocenters. The number of aldehydes is 1. The first-order valence-electron chi connectivity index (χ1n) is 8.92. The molecule has 6 nitrogen and oxygen atoms in total. The van der Waals surface area contributed by atoms with E-state index in [-0.39, 0.29) is 22.9 Å². The molecule has 0 spiro atoms. The Morgan fingerprint density at radius 1 is 1.00 bits per heavy atom. The Balaban J connectivity index is 0.000000208. The Labute approximate surface area is 159 Å². The number of nitrogen functional groups attached to an aromatic ring is 1. The molecule has 0 bridgehead atoms. The lowest BCUT2D eigenvalue weighted by molar-refractivity contribution is 0.0659. The number of carbonyl (C=O) groups is 1. The van der Waals surface area contributed by atoms with Crippen LogP contribution in [0, 0.1) is 0 Å². The Morgan fingerprint density at radius 3 is 2.15 bits per heavy atom. The van der Waals surface area contributed by atoms with Crippen LogP contribution in [0.25, 0.3) is 0 Å². The van der Waals surface area contributed by atoms with Crippen LogP contribution in [0.2, 0.25) is 0 Å². The van der Waals surface area contributed by atoms with E-state index < -0.39 is 0 Å². The molecule has 1 aliphatic carbocycles. The molecule has 1 fully saturated rings. The molecule has 0 amide bonds. The molecule has 1 aliphatic rings. The van der Waals surface area contributed by atoms with Gasteiger partial charge in [0.15, 0.2) is 11.5 Å². The van der Waals surface area contributed by atoms with Gasteiger partial charge in [0.1, 0.15) is 17.7 Å². The lowest BCUT2D eigenvalue weighted by Crippen LogP contribution is -2.19. The van der Waals surface area contributed by atoms with Gasteiger partial charge in [0.25, 0.3) is 0 Å². The Kier molecular flexibility index (Phi) is 7.49. The van der Waals surface area contributed by atoms with Gasteiger partial charge in [-0.3, -0.25) is 4.79 Å². The first-order valence-corrected chi connectivity index (χ1v) is 8.92. The van der Waals surface area contributed by atoms with Crippen LogP contribution in [-0.4, -0.2) is 36.8 Å². The molecule has 0 aliphatic heterocycles. The summed E-state index contributed by atoms with van der Waals surface area (Å²) in [4.78, 5) is 10.6. The van der Waals surface area contributed by atoms with Crippen molar-refractivity contribution >= 4 is 12.0 Å². The highest BCUT2D eigenvalue weighted by atomic mass is 16.5. The second-order valence-electron chi connectivity index (χ2n) is 6.54. The fourth-order valence-corrected chi connectivity index (χ4v) is 3.22. The van der Waals surface area contributed by atoms with E-state index in [0.717, 1.165) is 24.7 Å². The number of nitrogens with two attached hydrogens (primary N) is 1. The number of carbonyl (C=O) groups excluding carboxylic acids is 1.